The van der Waals surface area contributed by atoms with E-state index >= 15 is 0 Å². The number of rotatable bonds is 4. The van der Waals surface area contributed by atoms with Crippen molar-refractivity contribution in [1.29, 1.82) is 0 Å². The van der Waals surface area contributed by atoms with Gasteiger partial charge in [-0.15, -0.1) is 0 Å². The maximum atomic E-state index is 5.45. The second kappa shape index (κ2) is 5.41. The molecule has 0 aliphatic carbocycles. The molecule has 1 aromatic rings. The van der Waals surface area contributed by atoms with E-state index in [2.05, 4.69) is 32.0 Å². The topological polar surface area (TPSA) is 30.5 Å². The van der Waals surface area contributed by atoms with Gasteiger partial charge in [0.1, 0.15) is 0 Å². The number of ether oxygens (including phenoxy) is 2. The summed E-state index contributed by atoms with van der Waals surface area (Å²) in [5, 5.41) is 7.54. The molecule has 0 spiro atoms. The summed E-state index contributed by atoms with van der Waals surface area (Å²) in [6.45, 7) is 1.43. The fraction of sp³-hybridized carbons (Fsp3) is 0.600. The Hall–Kier alpha value is 0.0600. The van der Waals surface area contributed by atoms with Crippen LogP contribution in [-0.4, -0.2) is 26.6 Å². The third-order valence-corrected chi connectivity index (χ3v) is 4.24. The highest BCUT2D eigenvalue weighted by Gasteiger charge is 2.23. The van der Waals surface area contributed by atoms with Gasteiger partial charge in [-0.2, -0.15) is 11.3 Å². The van der Waals surface area contributed by atoms with Crippen LogP contribution < -0.4 is 5.32 Å². The molecule has 1 fully saturated rings. The van der Waals surface area contributed by atoms with Crippen molar-refractivity contribution >= 4 is 27.3 Å². The van der Waals surface area contributed by atoms with Gasteiger partial charge in [0, 0.05) is 22.3 Å². The molecule has 0 saturated carbocycles. The van der Waals surface area contributed by atoms with Gasteiger partial charge >= 0.3 is 0 Å². The second-order valence-corrected chi connectivity index (χ2v) is 5.02. The first kappa shape index (κ1) is 11.5. The third-order valence-electron chi connectivity index (χ3n) is 2.49. The fourth-order valence-electron chi connectivity index (χ4n) is 1.68. The summed E-state index contributed by atoms with van der Waals surface area (Å²) in [4.78, 5) is 0. The van der Waals surface area contributed by atoms with Crippen molar-refractivity contribution in [2.45, 2.75) is 18.8 Å². The Morgan fingerprint density at radius 1 is 1.53 bits per heavy atom. The molecular weight excluding hydrogens is 278 g/mol. The van der Waals surface area contributed by atoms with E-state index in [1.165, 1.54) is 5.56 Å². The minimum Gasteiger partial charge on any atom is -0.350 e. The van der Waals surface area contributed by atoms with Crippen LogP contribution in [-0.2, 0) is 9.47 Å². The summed E-state index contributed by atoms with van der Waals surface area (Å²) in [7, 11) is 1.96. The van der Waals surface area contributed by atoms with Crippen LogP contribution in [0.4, 0.5) is 0 Å². The SMILES string of the molecule is CNC(CC1OCCO1)c1cscc1Br. The Labute approximate surface area is 102 Å². The van der Waals surface area contributed by atoms with E-state index in [-0.39, 0.29) is 12.3 Å². The van der Waals surface area contributed by atoms with Crippen LogP contribution in [0.25, 0.3) is 0 Å². The van der Waals surface area contributed by atoms with Crippen LogP contribution in [0.1, 0.15) is 18.0 Å². The van der Waals surface area contributed by atoms with Crippen molar-refractivity contribution in [3.63, 3.8) is 0 Å². The van der Waals surface area contributed by atoms with E-state index in [1.807, 2.05) is 7.05 Å². The van der Waals surface area contributed by atoms with Crippen LogP contribution >= 0.6 is 27.3 Å². The molecule has 1 aromatic heterocycles. The molecule has 0 aromatic carbocycles. The standard InChI is InChI=1S/C10H14BrNO2S/c1-12-9(4-10-13-2-3-14-10)7-5-15-6-8(7)11/h5-6,9-10,12H,2-4H2,1H3. The van der Waals surface area contributed by atoms with Gasteiger partial charge in [-0.25, -0.2) is 0 Å². The molecule has 2 heterocycles. The summed E-state index contributed by atoms with van der Waals surface area (Å²) < 4.78 is 12.1. The maximum Gasteiger partial charge on any atom is 0.159 e. The number of nitrogens with one attached hydrogen (secondary N) is 1. The van der Waals surface area contributed by atoms with E-state index in [0.717, 1.165) is 10.9 Å². The first-order valence-electron chi connectivity index (χ1n) is 4.93. The molecule has 3 nitrogen and oxygen atoms in total. The lowest BCUT2D eigenvalue weighted by atomic mass is 10.1. The van der Waals surface area contributed by atoms with Gasteiger partial charge in [-0.1, -0.05) is 0 Å². The van der Waals surface area contributed by atoms with Crippen molar-refractivity contribution in [3.8, 4) is 0 Å². The quantitative estimate of drug-likeness (QED) is 0.925. The molecule has 0 bridgehead atoms. The van der Waals surface area contributed by atoms with Crippen LogP contribution in [0.5, 0.6) is 0 Å². The van der Waals surface area contributed by atoms with Gasteiger partial charge in [-0.05, 0) is 33.9 Å². The zero-order chi connectivity index (χ0) is 10.7. The minimum atomic E-state index is -0.0609. The Morgan fingerprint density at radius 2 is 2.27 bits per heavy atom. The van der Waals surface area contributed by atoms with Crippen molar-refractivity contribution < 1.29 is 9.47 Å². The highest BCUT2D eigenvalue weighted by molar-refractivity contribution is 9.10. The summed E-state index contributed by atoms with van der Waals surface area (Å²) in [5.41, 5.74) is 1.28. The molecule has 15 heavy (non-hydrogen) atoms. The predicted octanol–water partition coefficient (Wildman–Crippen LogP) is 2.53. The maximum absolute atomic E-state index is 5.45. The van der Waals surface area contributed by atoms with Crippen LogP contribution in [0.3, 0.4) is 0 Å². The monoisotopic (exact) mass is 291 g/mol. The van der Waals surface area contributed by atoms with Crippen LogP contribution in [0.15, 0.2) is 15.2 Å². The van der Waals surface area contributed by atoms with E-state index < -0.39 is 0 Å². The average Bonchev–Trinajstić information content (AvgIpc) is 2.85. The first-order valence-corrected chi connectivity index (χ1v) is 6.67. The molecule has 84 valence electrons. The molecule has 5 heteroatoms. The summed E-state index contributed by atoms with van der Waals surface area (Å²) in [6, 6.07) is 0.286. The zero-order valence-electron chi connectivity index (χ0n) is 8.53. The van der Waals surface area contributed by atoms with Crippen LogP contribution in [0, 0.1) is 0 Å². The summed E-state index contributed by atoms with van der Waals surface area (Å²) in [5.74, 6) is 0. The summed E-state index contributed by atoms with van der Waals surface area (Å²) in [6.07, 6.45) is 0.792. The van der Waals surface area contributed by atoms with Gasteiger partial charge < -0.3 is 14.8 Å². The molecule has 1 atom stereocenters. The fourth-order valence-corrected chi connectivity index (χ4v) is 3.30. The largest absolute Gasteiger partial charge is 0.350 e. The van der Waals surface area contributed by atoms with Crippen molar-refractivity contribution in [1.82, 2.24) is 5.32 Å². The number of halogens is 1. The molecule has 0 radical (unpaired) electrons. The smallest absolute Gasteiger partial charge is 0.159 e. The third kappa shape index (κ3) is 2.79. The molecule has 1 aliphatic heterocycles. The van der Waals surface area contributed by atoms with Crippen molar-refractivity contribution in [3.05, 3.63) is 20.8 Å². The van der Waals surface area contributed by atoms with Gasteiger partial charge in [0.25, 0.3) is 0 Å². The highest BCUT2D eigenvalue weighted by atomic mass is 79.9. The van der Waals surface area contributed by atoms with Crippen molar-refractivity contribution in [2.75, 3.05) is 20.3 Å². The molecule has 0 amide bonds. The minimum absolute atomic E-state index is 0.0609. The normalized spacial score (nSPS) is 19.6. The predicted molar refractivity (Wildman–Crippen MR) is 64.1 cm³/mol. The van der Waals surface area contributed by atoms with E-state index in [9.17, 15) is 0 Å². The number of hydrogen-bond donors (Lipinski definition) is 1. The molecule has 1 unspecified atom stereocenters. The zero-order valence-corrected chi connectivity index (χ0v) is 10.9. The van der Waals surface area contributed by atoms with E-state index in [0.29, 0.717) is 13.2 Å². The molecule has 2 rings (SSSR count). The lowest BCUT2D eigenvalue weighted by molar-refractivity contribution is -0.0526. The Bertz CT molecular complexity index is 312. The lowest BCUT2D eigenvalue weighted by Gasteiger charge is -2.19. The lowest BCUT2D eigenvalue weighted by Crippen LogP contribution is -2.22. The first-order chi connectivity index (χ1) is 7.31. The molecular formula is C10H14BrNO2S. The van der Waals surface area contributed by atoms with Crippen molar-refractivity contribution in [2.24, 2.45) is 0 Å². The van der Waals surface area contributed by atoms with Gasteiger partial charge in [0.2, 0.25) is 0 Å². The van der Waals surface area contributed by atoms with Gasteiger partial charge in [0.15, 0.2) is 6.29 Å². The summed E-state index contributed by atoms with van der Waals surface area (Å²) >= 11 is 5.25. The Kier molecular flexibility index (Phi) is 4.16. The van der Waals surface area contributed by atoms with E-state index in [4.69, 9.17) is 9.47 Å². The number of thiophene rings is 1. The van der Waals surface area contributed by atoms with Gasteiger partial charge in [-0.3, -0.25) is 0 Å². The van der Waals surface area contributed by atoms with Gasteiger partial charge in [0.05, 0.1) is 13.2 Å². The number of hydrogen-bond acceptors (Lipinski definition) is 4. The molecule has 1 aliphatic rings. The second-order valence-electron chi connectivity index (χ2n) is 3.42. The Balaban J connectivity index is 2.00. The van der Waals surface area contributed by atoms with Crippen LogP contribution in [0.2, 0.25) is 0 Å². The molecule has 1 N–H and O–H groups in total. The molecule has 1 saturated heterocycles. The highest BCUT2D eigenvalue weighted by Crippen LogP contribution is 2.30. The van der Waals surface area contributed by atoms with E-state index in [1.54, 1.807) is 11.3 Å². The Morgan fingerprint density at radius 3 is 2.80 bits per heavy atom. The average molecular weight is 292 g/mol.